The van der Waals surface area contributed by atoms with Crippen LogP contribution in [-0.2, 0) is 4.74 Å². The maximum Gasteiger partial charge on any atom is 0.407 e. The van der Waals surface area contributed by atoms with Gasteiger partial charge in [0.2, 0.25) is 0 Å². The molecule has 0 saturated carbocycles. The molecular weight excluding hydrogens is 296 g/mol. The van der Waals surface area contributed by atoms with Gasteiger partial charge in [-0.1, -0.05) is 0 Å². The van der Waals surface area contributed by atoms with Gasteiger partial charge >= 0.3 is 6.09 Å². The summed E-state index contributed by atoms with van der Waals surface area (Å²) >= 11 is 0. The second-order valence-corrected chi connectivity index (χ2v) is 6.35. The summed E-state index contributed by atoms with van der Waals surface area (Å²) in [5.74, 6) is -0.243. The third-order valence-corrected chi connectivity index (χ3v) is 2.85. The van der Waals surface area contributed by atoms with Crippen LogP contribution in [0.25, 0.3) is 0 Å². The third kappa shape index (κ3) is 6.46. The molecule has 7 heteroatoms. The zero-order valence-electron chi connectivity index (χ0n) is 14.4. The zero-order valence-corrected chi connectivity index (χ0v) is 14.4. The van der Waals surface area contributed by atoms with Gasteiger partial charge in [0.1, 0.15) is 5.60 Å². The van der Waals surface area contributed by atoms with Crippen molar-refractivity contribution in [3.63, 3.8) is 0 Å². The Morgan fingerprint density at radius 2 is 1.78 bits per heavy atom. The van der Waals surface area contributed by atoms with E-state index < -0.39 is 11.7 Å². The predicted octanol–water partition coefficient (Wildman–Crippen LogP) is 1.59. The quantitative estimate of drug-likeness (QED) is 0.565. The Morgan fingerprint density at radius 1 is 1.17 bits per heavy atom. The fourth-order valence-electron chi connectivity index (χ4n) is 1.86. The number of anilines is 2. The summed E-state index contributed by atoms with van der Waals surface area (Å²) in [5.41, 5.74) is 7.24. The van der Waals surface area contributed by atoms with Crippen molar-refractivity contribution in [1.29, 1.82) is 0 Å². The van der Waals surface area contributed by atoms with Gasteiger partial charge in [-0.05, 0) is 39.0 Å². The molecule has 4 N–H and O–H groups in total. The lowest BCUT2D eigenvalue weighted by Crippen LogP contribution is -2.37. The smallest absolute Gasteiger partial charge is 0.407 e. The second kappa shape index (κ2) is 7.71. The molecule has 2 amide bonds. The number of carbonyl (C=O) groups is 2. The molecule has 0 bridgehead atoms. The first kappa shape index (κ1) is 18.6. The van der Waals surface area contributed by atoms with E-state index in [-0.39, 0.29) is 12.5 Å². The van der Waals surface area contributed by atoms with Crippen LogP contribution < -0.4 is 21.3 Å². The third-order valence-electron chi connectivity index (χ3n) is 2.85. The van der Waals surface area contributed by atoms with Gasteiger partial charge in [0.05, 0.1) is 11.4 Å². The summed E-state index contributed by atoms with van der Waals surface area (Å²) in [6, 6.07) is 5.14. The van der Waals surface area contributed by atoms with E-state index in [9.17, 15) is 9.59 Å². The highest BCUT2D eigenvalue weighted by Gasteiger charge is 2.15. The number of ether oxygens (including phenoxy) is 1. The summed E-state index contributed by atoms with van der Waals surface area (Å²) < 4.78 is 5.10. The van der Waals surface area contributed by atoms with E-state index in [0.29, 0.717) is 17.8 Å². The normalized spacial score (nSPS) is 10.8. The van der Waals surface area contributed by atoms with Crippen LogP contribution >= 0.6 is 0 Å². The monoisotopic (exact) mass is 322 g/mol. The van der Waals surface area contributed by atoms with Gasteiger partial charge in [-0.15, -0.1) is 0 Å². The summed E-state index contributed by atoms with van der Waals surface area (Å²) in [4.78, 5) is 25.4. The lowest BCUT2D eigenvalue weighted by Gasteiger charge is -2.19. The van der Waals surface area contributed by atoms with Crippen molar-refractivity contribution in [2.45, 2.75) is 26.4 Å². The van der Waals surface area contributed by atoms with Gasteiger partial charge in [0, 0.05) is 32.7 Å². The van der Waals surface area contributed by atoms with Gasteiger partial charge in [0.25, 0.3) is 5.91 Å². The van der Waals surface area contributed by atoms with E-state index in [1.807, 2.05) is 19.0 Å². The zero-order chi connectivity index (χ0) is 17.6. The van der Waals surface area contributed by atoms with Crippen LogP contribution in [0.5, 0.6) is 0 Å². The van der Waals surface area contributed by atoms with Crippen molar-refractivity contribution in [2.75, 3.05) is 37.8 Å². The Bertz CT molecular complexity index is 565. The van der Waals surface area contributed by atoms with Gasteiger partial charge in [-0.2, -0.15) is 0 Å². The van der Waals surface area contributed by atoms with Gasteiger partial charge in [-0.25, -0.2) is 4.79 Å². The summed E-state index contributed by atoms with van der Waals surface area (Å²) in [7, 11) is 3.77. The molecule has 23 heavy (non-hydrogen) atoms. The SMILES string of the molecule is CN(C)c1ccc(C(=O)NCCNC(=O)OC(C)(C)C)cc1N. The Hall–Kier alpha value is -2.44. The van der Waals surface area contributed by atoms with Crippen LogP contribution in [0.1, 0.15) is 31.1 Å². The Labute approximate surface area is 137 Å². The molecule has 0 atom stereocenters. The fraction of sp³-hybridized carbons (Fsp3) is 0.500. The molecule has 128 valence electrons. The Kier molecular flexibility index (Phi) is 6.24. The Balaban J connectivity index is 2.43. The number of nitrogens with zero attached hydrogens (tertiary/aromatic N) is 1. The summed E-state index contributed by atoms with van der Waals surface area (Å²) in [6.07, 6.45) is -0.508. The summed E-state index contributed by atoms with van der Waals surface area (Å²) in [6.45, 7) is 5.95. The fourth-order valence-corrected chi connectivity index (χ4v) is 1.86. The molecule has 0 aliphatic heterocycles. The average Bonchev–Trinajstić information content (AvgIpc) is 2.40. The van der Waals surface area contributed by atoms with E-state index in [1.165, 1.54) is 0 Å². The van der Waals surface area contributed by atoms with E-state index in [1.54, 1.807) is 39.0 Å². The molecule has 0 heterocycles. The van der Waals surface area contributed by atoms with E-state index in [2.05, 4.69) is 10.6 Å². The molecule has 7 nitrogen and oxygen atoms in total. The number of amides is 2. The van der Waals surface area contributed by atoms with Crippen molar-refractivity contribution in [3.05, 3.63) is 23.8 Å². The maximum absolute atomic E-state index is 12.0. The number of hydrogen-bond donors (Lipinski definition) is 3. The van der Waals surface area contributed by atoms with Crippen molar-refractivity contribution >= 4 is 23.4 Å². The number of alkyl carbamates (subject to hydrolysis) is 1. The van der Waals surface area contributed by atoms with Gasteiger partial charge < -0.3 is 26.0 Å². The largest absolute Gasteiger partial charge is 0.444 e. The number of nitrogen functional groups attached to an aromatic ring is 1. The van der Waals surface area contributed by atoms with Gasteiger partial charge in [0.15, 0.2) is 0 Å². The van der Waals surface area contributed by atoms with Gasteiger partial charge in [-0.3, -0.25) is 4.79 Å². The van der Waals surface area contributed by atoms with E-state index >= 15 is 0 Å². The molecule has 0 fully saturated rings. The molecule has 1 rings (SSSR count). The predicted molar refractivity (Wildman–Crippen MR) is 91.8 cm³/mol. The molecule has 0 radical (unpaired) electrons. The summed E-state index contributed by atoms with van der Waals surface area (Å²) in [5, 5.41) is 5.29. The Morgan fingerprint density at radius 3 is 2.30 bits per heavy atom. The molecule has 0 aliphatic carbocycles. The van der Waals surface area contributed by atoms with Crippen molar-refractivity contribution in [3.8, 4) is 0 Å². The molecule has 0 aliphatic rings. The number of carbonyl (C=O) groups excluding carboxylic acids is 2. The number of nitrogens with two attached hydrogens (primary N) is 1. The lowest BCUT2D eigenvalue weighted by molar-refractivity contribution is 0.0526. The maximum atomic E-state index is 12.0. The van der Waals surface area contributed by atoms with E-state index in [0.717, 1.165) is 5.69 Å². The number of rotatable bonds is 5. The minimum Gasteiger partial charge on any atom is -0.444 e. The highest BCUT2D eigenvalue weighted by molar-refractivity contribution is 5.96. The van der Waals surface area contributed by atoms with Crippen molar-refractivity contribution in [2.24, 2.45) is 0 Å². The topological polar surface area (TPSA) is 96.7 Å². The molecule has 0 aromatic heterocycles. The minimum atomic E-state index is -0.543. The van der Waals surface area contributed by atoms with E-state index in [4.69, 9.17) is 10.5 Å². The van der Waals surface area contributed by atoms with Crippen molar-refractivity contribution in [1.82, 2.24) is 10.6 Å². The van der Waals surface area contributed by atoms with Crippen LogP contribution in [0.3, 0.4) is 0 Å². The first-order valence-electron chi connectivity index (χ1n) is 7.42. The first-order chi connectivity index (χ1) is 10.6. The number of nitrogens with one attached hydrogen (secondary N) is 2. The lowest BCUT2D eigenvalue weighted by atomic mass is 10.1. The molecule has 0 unspecified atom stereocenters. The van der Waals surface area contributed by atoms with Crippen molar-refractivity contribution < 1.29 is 14.3 Å². The molecular formula is C16H26N4O3. The number of hydrogen-bond acceptors (Lipinski definition) is 5. The number of benzene rings is 1. The first-order valence-corrected chi connectivity index (χ1v) is 7.42. The molecule has 0 spiro atoms. The van der Waals surface area contributed by atoms with Crippen LogP contribution in [0, 0.1) is 0 Å². The van der Waals surface area contributed by atoms with Crippen LogP contribution in [-0.4, -0.2) is 44.8 Å². The van der Waals surface area contributed by atoms with Crippen LogP contribution in [0.15, 0.2) is 18.2 Å². The highest BCUT2D eigenvalue weighted by Crippen LogP contribution is 2.22. The highest BCUT2D eigenvalue weighted by atomic mass is 16.6. The average molecular weight is 322 g/mol. The standard InChI is InChI=1S/C16H26N4O3/c1-16(2,3)23-15(22)19-9-8-18-14(21)11-6-7-13(20(4)5)12(17)10-11/h6-7,10H,8-9,17H2,1-5H3,(H,18,21)(H,19,22). The van der Waals surface area contributed by atoms with Crippen LogP contribution in [0.4, 0.5) is 16.2 Å². The molecule has 1 aromatic rings. The molecule has 1 aromatic carbocycles. The second-order valence-electron chi connectivity index (χ2n) is 6.35. The minimum absolute atomic E-state index is 0.243. The molecule has 0 saturated heterocycles. The van der Waals surface area contributed by atoms with Crippen LogP contribution in [0.2, 0.25) is 0 Å².